The normalized spacial score (nSPS) is 13.1. The molecule has 0 aliphatic carbocycles. The molecule has 0 aliphatic rings. The second-order valence-electron chi connectivity index (χ2n) is 4.26. The Balaban J connectivity index is 3.09. The highest BCUT2D eigenvalue weighted by Crippen LogP contribution is 2.32. The van der Waals surface area contributed by atoms with Gasteiger partial charge in [0.2, 0.25) is 0 Å². The lowest BCUT2D eigenvalue weighted by Gasteiger charge is -2.16. The molecular weight excluding hydrogens is 214 g/mol. The van der Waals surface area contributed by atoms with Crippen LogP contribution in [0.5, 0.6) is 11.5 Å². The molecule has 0 heterocycles. The quantitative estimate of drug-likeness (QED) is 0.853. The zero-order valence-corrected chi connectivity index (χ0v) is 10.9. The minimum atomic E-state index is 0.0214. The molecule has 0 radical (unpaired) electrons. The first kappa shape index (κ1) is 13.6. The minimum absolute atomic E-state index is 0.0214. The van der Waals surface area contributed by atoms with Gasteiger partial charge in [-0.25, -0.2) is 0 Å². The highest BCUT2D eigenvalue weighted by molar-refractivity contribution is 5.62. The SMILES string of the molecule is COc1cccc(/C=C/C(C)N)c1OC(C)C. The number of rotatable bonds is 5. The summed E-state index contributed by atoms with van der Waals surface area (Å²) in [7, 11) is 1.64. The molecule has 0 saturated heterocycles. The highest BCUT2D eigenvalue weighted by atomic mass is 16.5. The van der Waals surface area contributed by atoms with Crippen molar-refractivity contribution in [2.45, 2.75) is 32.9 Å². The van der Waals surface area contributed by atoms with Crippen molar-refractivity contribution in [2.24, 2.45) is 5.73 Å². The van der Waals surface area contributed by atoms with Crippen molar-refractivity contribution in [1.82, 2.24) is 0 Å². The fraction of sp³-hybridized carbons (Fsp3) is 0.429. The van der Waals surface area contributed by atoms with E-state index in [9.17, 15) is 0 Å². The summed E-state index contributed by atoms with van der Waals surface area (Å²) in [6.07, 6.45) is 4.00. The van der Waals surface area contributed by atoms with Crippen LogP contribution in [-0.4, -0.2) is 19.3 Å². The van der Waals surface area contributed by atoms with E-state index in [4.69, 9.17) is 15.2 Å². The average Bonchev–Trinajstić information content (AvgIpc) is 2.26. The Morgan fingerprint density at radius 3 is 2.47 bits per heavy atom. The monoisotopic (exact) mass is 235 g/mol. The summed E-state index contributed by atoms with van der Waals surface area (Å²) >= 11 is 0. The lowest BCUT2D eigenvalue weighted by molar-refractivity contribution is 0.229. The van der Waals surface area contributed by atoms with Gasteiger partial charge in [0, 0.05) is 11.6 Å². The third-order valence-electron chi connectivity index (χ3n) is 2.16. The fourth-order valence-corrected chi connectivity index (χ4v) is 1.44. The zero-order chi connectivity index (χ0) is 12.8. The van der Waals surface area contributed by atoms with Gasteiger partial charge in [0.15, 0.2) is 11.5 Å². The van der Waals surface area contributed by atoms with Gasteiger partial charge in [0.25, 0.3) is 0 Å². The van der Waals surface area contributed by atoms with E-state index in [-0.39, 0.29) is 12.1 Å². The molecule has 0 bridgehead atoms. The van der Waals surface area contributed by atoms with Crippen LogP contribution in [0.1, 0.15) is 26.3 Å². The summed E-state index contributed by atoms with van der Waals surface area (Å²) < 4.78 is 11.1. The molecule has 0 fully saturated rings. The maximum Gasteiger partial charge on any atom is 0.168 e. The summed E-state index contributed by atoms with van der Waals surface area (Å²) in [6.45, 7) is 5.91. The maximum absolute atomic E-state index is 5.78. The van der Waals surface area contributed by atoms with E-state index in [2.05, 4.69) is 0 Å². The Morgan fingerprint density at radius 1 is 1.24 bits per heavy atom. The Morgan fingerprint density at radius 2 is 1.94 bits per heavy atom. The molecule has 3 heteroatoms. The van der Waals surface area contributed by atoms with Crippen LogP contribution in [0.2, 0.25) is 0 Å². The van der Waals surface area contributed by atoms with Gasteiger partial charge in [-0.1, -0.05) is 24.3 Å². The van der Waals surface area contributed by atoms with E-state index < -0.39 is 0 Å². The van der Waals surface area contributed by atoms with Crippen molar-refractivity contribution >= 4 is 6.08 Å². The largest absolute Gasteiger partial charge is 0.493 e. The lowest BCUT2D eigenvalue weighted by atomic mass is 10.1. The molecule has 94 valence electrons. The Labute approximate surface area is 103 Å². The molecule has 0 aromatic heterocycles. The Bertz CT molecular complexity index is 384. The summed E-state index contributed by atoms with van der Waals surface area (Å²) in [5.74, 6) is 1.51. The number of hydrogen-bond acceptors (Lipinski definition) is 3. The van der Waals surface area contributed by atoms with Crippen LogP contribution >= 0.6 is 0 Å². The van der Waals surface area contributed by atoms with Crippen LogP contribution in [0.25, 0.3) is 6.08 Å². The molecule has 0 saturated carbocycles. The van der Waals surface area contributed by atoms with Gasteiger partial charge in [-0.05, 0) is 26.8 Å². The molecule has 0 amide bonds. The predicted octanol–water partition coefficient (Wildman–Crippen LogP) is 2.84. The first-order chi connectivity index (χ1) is 8.04. The molecule has 1 aromatic rings. The van der Waals surface area contributed by atoms with Crippen LogP contribution in [0.4, 0.5) is 0 Å². The molecule has 0 aliphatic heterocycles. The van der Waals surface area contributed by atoms with Gasteiger partial charge in [0.05, 0.1) is 13.2 Å². The summed E-state index contributed by atoms with van der Waals surface area (Å²) in [6, 6.07) is 5.83. The standard InChI is InChI=1S/C14H21NO2/c1-10(2)17-14-12(9-8-11(3)15)6-5-7-13(14)16-4/h5-11H,15H2,1-4H3/b9-8+. The molecule has 1 atom stereocenters. The smallest absolute Gasteiger partial charge is 0.168 e. The molecule has 1 unspecified atom stereocenters. The van der Waals surface area contributed by atoms with Gasteiger partial charge in [-0.3, -0.25) is 0 Å². The van der Waals surface area contributed by atoms with E-state index in [1.165, 1.54) is 0 Å². The van der Waals surface area contributed by atoms with E-state index in [1.54, 1.807) is 7.11 Å². The van der Waals surface area contributed by atoms with Gasteiger partial charge in [-0.15, -0.1) is 0 Å². The number of methoxy groups -OCH3 is 1. The molecule has 1 rings (SSSR count). The number of nitrogens with two attached hydrogens (primary N) is 1. The van der Waals surface area contributed by atoms with Crippen LogP contribution in [0, 0.1) is 0 Å². The molecular formula is C14H21NO2. The van der Waals surface area contributed by atoms with E-state index >= 15 is 0 Å². The van der Waals surface area contributed by atoms with Crippen molar-refractivity contribution < 1.29 is 9.47 Å². The van der Waals surface area contributed by atoms with Crippen LogP contribution in [0.15, 0.2) is 24.3 Å². The van der Waals surface area contributed by atoms with Crippen LogP contribution in [0.3, 0.4) is 0 Å². The summed E-state index contributed by atoms with van der Waals surface area (Å²) in [4.78, 5) is 0. The van der Waals surface area contributed by atoms with E-state index in [0.717, 1.165) is 17.1 Å². The van der Waals surface area contributed by atoms with Gasteiger partial charge in [-0.2, -0.15) is 0 Å². The molecule has 17 heavy (non-hydrogen) atoms. The van der Waals surface area contributed by atoms with Crippen LogP contribution < -0.4 is 15.2 Å². The number of benzene rings is 1. The van der Waals surface area contributed by atoms with Crippen molar-refractivity contribution in [1.29, 1.82) is 0 Å². The fourth-order valence-electron chi connectivity index (χ4n) is 1.44. The van der Waals surface area contributed by atoms with Gasteiger partial charge in [0.1, 0.15) is 0 Å². The number of ether oxygens (including phenoxy) is 2. The molecule has 1 aromatic carbocycles. The molecule has 0 spiro atoms. The maximum atomic E-state index is 5.78. The highest BCUT2D eigenvalue weighted by Gasteiger charge is 2.10. The average molecular weight is 235 g/mol. The summed E-state index contributed by atoms with van der Waals surface area (Å²) in [5.41, 5.74) is 6.69. The number of para-hydroxylation sites is 1. The second-order valence-corrected chi connectivity index (χ2v) is 4.26. The number of hydrogen-bond donors (Lipinski definition) is 1. The van der Waals surface area contributed by atoms with Crippen LogP contribution in [-0.2, 0) is 0 Å². The van der Waals surface area contributed by atoms with Gasteiger partial charge < -0.3 is 15.2 Å². The third kappa shape index (κ3) is 4.11. The topological polar surface area (TPSA) is 44.5 Å². The van der Waals surface area contributed by atoms with Crippen molar-refractivity contribution in [2.75, 3.05) is 7.11 Å². The predicted molar refractivity (Wildman–Crippen MR) is 71.4 cm³/mol. The first-order valence-corrected chi connectivity index (χ1v) is 5.82. The lowest BCUT2D eigenvalue weighted by Crippen LogP contribution is -2.10. The molecule has 3 nitrogen and oxygen atoms in total. The Kier molecular flexibility index (Phi) is 5.04. The zero-order valence-electron chi connectivity index (χ0n) is 10.9. The van der Waals surface area contributed by atoms with Gasteiger partial charge >= 0.3 is 0 Å². The van der Waals surface area contributed by atoms with Crippen molar-refractivity contribution in [3.05, 3.63) is 29.8 Å². The minimum Gasteiger partial charge on any atom is -0.493 e. The van der Waals surface area contributed by atoms with E-state index in [1.807, 2.05) is 51.1 Å². The van der Waals surface area contributed by atoms with Crippen molar-refractivity contribution in [3.63, 3.8) is 0 Å². The summed E-state index contributed by atoms with van der Waals surface area (Å²) in [5, 5.41) is 0. The molecule has 2 N–H and O–H groups in total. The van der Waals surface area contributed by atoms with E-state index in [0.29, 0.717) is 0 Å². The van der Waals surface area contributed by atoms with Crippen molar-refractivity contribution in [3.8, 4) is 11.5 Å². The first-order valence-electron chi connectivity index (χ1n) is 5.82. The third-order valence-corrected chi connectivity index (χ3v) is 2.16. The Hall–Kier alpha value is -1.48. The second kappa shape index (κ2) is 6.30.